The molecule has 0 nitrogen and oxygen atoms in total. The van der Waals surface area contributed by atoms with Crippen molar-refractivity contribution in [3.8, 4) is 11.8 Å². The van der Waals surface area contributed by atoms with Crippen molar-refractivity contribution in [2.75, 3.05) is 5.75 Å². The molecule has 3 aromatic carbocycles. The van der Waals surface area contributed by atoms with Gasteiger partial charge in [0.1, 0.15) is 0 Å². The summed E-state index contributed by atoms with van der Waals surface area (Å²) in [5.74, 6) is 7.99. The van der Waals surface area contributed by atoms with Gasteiger partial charge < -0.3 is 0 Å². The zero-order chi connectivity index (χ0) is 19.4. The second-order valence-corrected chi connectivity index (χ2v) is 7.84. The predicted molar refractivity (Wildman–Crippen MR) is 124 cm³/mol. The Hall–Kier alpha value is -2.69. The van der Waals surface area contributed by atoms with E-state index in [0.29, 0.717) is 0 Å². The molecule has 1 unspecified atom stereocenters. The maximum Gasteiger partial charge on any atom is 0.0849 e. The van der Waals surface area contributed by atoms with E-state index in [1.807, 2.05) is 30.0 Å². The number of rotatable bonds is 7. The highest BCUT2D eigenvalue weighted by Gasteiger charge is 2.09. The van der Waals surface area contributed by atoms with E-state index in [2.05, 4.69) is 97.6 Å². The van der Waals surface area contributed by atoms with Crippen molar-refractivity contribution in [1.29, 1.82) is 0 Å². The van der Waals surface area contributed by atoms with Gasteiger partial charge >= 0.3 is 0 Å². The van der Waals surface area contributed by atoms with Gasteiger partial charge in [0.25, 0.3) is 0 Å². The standard InChI is InChI=1S/C27H26S/c1-2-3-21-28-26(20-19-23-13-7-4-8-14-23)22-27(24-15-9-5-10-16-24)25-17-11-6-12-18-25/h4-18,22,26H,2-3,21H2,1H3. The fourth-order valence-electron chi connectivity index (χ4n) is 2.91. The molecule has 1 atom stereocenters. The first-order chi connectivity index (χ1) is 13.9. The summed E-state index contributed by atoms with van der Waals surface area (Å²) < 4.78 is 0. The number of hydrogen-bond acceptors (Lipinski definition) is 1. The zero-order valence-electron chi connectivity index (χ0n) is 16.3. The van der Waals surface area contributed by atoms with Gasteiger partial charge in [-0.2, -0.15) is 0 Å². The molecule has 0 bridgehead atoms. The summed E-state index contributed by atoms with van der Waals surface area (Å²) in [7, 11) is 0. The van der Waals surface area contributed by atoms with Crippen LogP contribution >= 0.6 is 11.8 Å². The third-order valence-corrected chi connectivity index (χ3v) is 5.55. The first-order valence-electron chi connectivity index (χ1n) is 9.87. The molecule has 0 heterocycles. The van der Waals surface area contributed by atoms with Crippen molar-refractivity contribution in [2.24, 2.45) is 0 Å². The maximum atomic E-state index is 3.50. The van der Waals surface area contributed by atoms with Crippen LogP contribution in [0.1, 0.15) is 36.5 Å². The molecule has 3 rings (SSSR count). The minimum absolute atomic E-state index is 0.155. The van der Waals surface area contributed by atoms with Gasteiger partial charge in [0.15, 0.2) is 0 Å². The van der Waals surface area contributed by atoms with Gasteiger partial charge in [-0.1, -0.05) is 110 Å². The molecule has 0 saturated heterocycles. The summed E-state index contributed by atoms with van der Waals surface area (Å²) in [6.07, 6.45) is 4.76. The molecule has 0 saturated carbocycles. The topological polar surface area (TPSA) is 0 Å². The van der Waals surface area contributed by atoms with Crippen molar-refractivity contribution in [2.45, 2.75) is 25.0 Å². The predicted octanol–water partition coefficient (Wildman–Crippen LogP) is 7.07. The molecule has 140 valence electrons. The highest BCUT2D eigenvalue weighted by Crippen LogP contribution is 2.27. The van der Waals surface area contributed by atoms with E-state index in [9.17, 15) is 0 Å². The molecule has 0 N–H and O–H groups in total. The molecule has 0 aliphatic heterocycles. The third kappa shape index (κ3) is 6.19. The van der Waals surface area contributed by atoms with Gasteiger partial charge in [0.05, 0.1) is 5.25 Å². The lowest BCUT2D eigenvalue weighted by atomic mass is 9.97. The minimum Gasteiger partial charge on any atom is -0.141 e. The van der Waals surface area contributed by atoms with E-state index >= 15 is 0 Å². The summed E-state index contributed by atoms with van der Waals surface area (Å²) in [6.45, 7) is 2.24. The second kappa shape index (κ2) is 11.2. The molecule has 0 aliphatic rings. The lowest BCUT2D eigenvalue weighted by Crippen LogP contribution is -2.00. The number of benzene rings is 3. The molecule has 0 fully saturated rings. The Morgan fingerprint density at radius 3 is 1.89 bits per heavy atom. The number of thioether (sulfide) groups is 1. The van der Waals surface area contributed by atoms with E-state index in [1.54, 1.807) is 0 Å². The van der Waals surface area contributed by atoms with Crippen LogP contribution in [0.15, 0.2) is 97.1 Å². The van der Waals surface area contributed by atoms with Gasteiger partial charge in [0.2, 0.25) is 0 Å². The monoisotopic (exact) mass is 382 g/mol. The van der Waals surface area contributed by atoms with Gasteiger partial charge in [-0.05, 0) is 41.0 Å². The summed E-state index contributed by atoms with van der Waals surface area (Å²) in [5.41, 5.74) is 4.78. The summed E-state index contributed by atoms with van der Waals surface area (Å²) in [6, 6.07) is 31.5. The molecule has 0 amide bonds. The van der Waals surface area contributed by atoms with E-state index in [-0.39, 0.29) is 5.25 Å². The molecule has 1 heteroatoms. The molecule has 0 radical (unpaired) electrons. The zero-order valence-corrected chi connectivity index (χ0v) is 17.2. The minimum atomic E-state index is 0.155. The van der Waals surface area contributed by atoms with Crippen LogP contribution in [0.2, 0.25) is 0 Å². The molecular formula is C27H26S. The van der Waals surface area contributed by atoms with Crippen LogP contribution in [-0.4, -0.2) is 11.0 Å². The van der Waals surface area contributed by atoms with Crippen LogP contribution in [0.3, 0.4) is 0 Å². The SMILES string of the molecule is CCCCSC(C#Cc1ccccc1)C=C(c1ccccc1)c1ccccc1. The summed E-state index contributed by atoms with van der Waals surface area (Å²) in [4.78, 5) is 0. The highest BCUT2D eigenvalue weighted by molar-refractivity contribution is 8.00. The van der Waals surface area contributed by atoms with Crippen LogP contribution in [0, 0.1) is 11.8 Å². The fraction of sp³-hybridized carbons (Fsp3) is 0.185. The lowest BCUT2D eigenvalue weighted by Gasteiger charge is -2.12. The Morgan fingerprint density at radius 2 is 1.36 bits per heavy atom. The van der Waals surface area contributed by atoms with Crippen LogP contribution in [0.4, 0.5) is 0 Å². The smallest absolute Gasteiger partial charge is 0.0849 e. The van der Waals surface area contributed by atoms with Crippen molar-refractivity contribution in [3.63, 3.8) is 0 Å². The first kappa shape index (κ1) is 20.1. The maximum absolute atomic E-state index is 3.50. The van der Waals surface area contributed by atoms with E-state index in [0.717, 1.165) is 11.3 Å². The lowest BCUT2D eigenvalue weighted by molar-refractivity contribution is 0.896. The average Bonchev–Trinajstić information content (AvgIpc) is 2.77. The van der Waals surface area contributed by atoms with Gasteiger partial charge in [-0.3, -0.25) is 0 Å². The van der Waals surface area contributed by atoms with Gasteiger partial charge in [0, 0.05) is 5.56 Å². The molecule has 3 aromatic rings. The number of hydrogen-bond donors (Lipinski definition) is 0. The number of unbranched alkanes of at least 4 members (excludes halogenated alkanes) is 1. The Labute approximate surface area is 173 Å². The van der Waals surface area contributed by atoms with Crippen LogP contribution in [0.25, 0.3) is 5.57 Å². The Bertz CT molecular complexity index is 874. The first-order valence-corrected chi connectivity index (χ1v) is 10.9. The summed E-state index contributed by atoms with van der Waals surface area (Å²) >= 11 is 1.93. The third-order valence-electron chi connectivity index (χ3n) is 4.42. The van der Waals surface area contributed by atoms with Crippen molar-refractivity contribution in [1.82, 2.24) is 0 Å². The summed E-state index contributed by atoms with van der Waals surface area (Å²) in [5, 5.41) is 0.155. The quantitative estimate of drug-likeness (QED) is 0.311. The Morgan fingerprint density at radius 1 is 0.821 bits per heavy atom. The van der Waals surface area contributed by atoms with Crippen LogP contribution in [-0.2, 0) is 0 Å². The highest BCUT2D eigenvalue weighted by atomic mass is 32.2. The van der Waals surface area contributed by atoms with Gasteiger partial charge in [-0.25, -0.2) is 0 Å². The van der Waals surface area contributed by atoms with Gasteiger partial charge in [-0.15, -0.1) is 11.8 Å². The largest absolute Gasteiger partial charge is 0.141 e. The average molecular weight is 383 g/mol. The Balaban J connectivity index is 1.97. The fourth-order valence-corrected chi connectivity index (χ4v) is 3.99. The van der Waals surface area contributed by atoms with Crippen molar-refractivity contribution in [3.05, 3.63) is 114 Å². The van der Waals surface area contributed by atoms with Crippen LogP contribution in [0.5, 0.6) is 0 Å². The van der Waals surface area contributed by atoms with E-state index in [4.69, 9.17) is 0 Å². The Kier molecular flexibility index (Phi) is 8.04. The molecule has 0 spiro atoms. The molecule has 28 heavy (non-hydrogen) atoms. The van der Waals surface area contributed by atoms with Crippen molar-refractivity contribution < 1.29 is 0 Å². The van der Waals surface area contributed by atoms with Crippen molar-refractivity contribution >= 4 is 17.3 Å². The van der Waals surface area contributed by atoms with Crippen LogP contribution < -0.4 is 0 Å². The second-order valence-electron chi connectivity index (χ2n) is 6.59. The molecule has 0 aromatic heterocycles. The molecule has 0 aliphatic carbocycles. The normalized spacial score (nSPS) is 11.2. The van der Waals surface area contributed by atoms with E-state index in [1.165, 1.54) is 29.5 Å². The van der Waals surface area contributed by atoms with E-state index < -0.39 is 0 Å². The molecular weight excluding hydrogens is 356 g/mol.